The fraction of sp³-hybridized carbons (Fsp3) is 0.793. The van der Waals surface area contributed by atoms with Crippen molar-refractivity contribution in [2.75, 3.05) is 26.9 Å². The summed E-state index contributed by atoms with van der Waals surface area (Å²) >= 11 is 0. The van der Waals surface area contributed by atoms with E-state index in [0.29, 0.717) is 19.1 Å². The van der Waals surface area contributed by atoms with Crippen LogP contribution in [0, 0.1) is 35.3 Å². The first-order chi connectivity index (χ1) is 16.6. The third-order valence-electron chi connectivity index (χ3n) is 8.13. The van der Waals surface area contributed by atoms with E-state index in [-0.39, 0.29) is 11.5 Å². The van der Waals surface area contributed by atoms with Gasteiger partial charge in [0, 0.05) is 13.7 Å². The summed E-state index contributed by atoms with van der Waals surface area (Å²) in [7, 11) is 1.69. The standard InChI is InChI=1S/C29H46F2O3/c1-3-8-22-9-13-24(14-10-22)25-15-11-23(12-16-25)21-34-27-18-17-26(28(30)29(27)31)33-20-7-5-4-6-19-32-2/h17-18,22-25H,3-16,19-21H2,1-2H3. The van der Waals surface area contributed by atoms with Crippen LogP contribution in [0.4, 0.5) is 8.78 Å². The Morgan fingerprint density at radius 2 is 1.24 bits per heavy atom. The van der Waals surface area contributed by atoms with Crippen LogP contribution in [0.15, 0.2) is 12.1 Å². The number of methoxy groups -OCH3 is 1. The molecule has 0 aromatic heterocycles. The lowest BCUT2D eigenvalue weighted by atomic mass is 9.69. The van der Waals surface area contributed by atoms with E-state index in [1.807, 2.05) is 0 Å². The van der Waals surface area contributed by atoms with Gasteiger partial charge in [0.25, 0.3) is 0 Å². The first-order valence-electron chi connectivity index (χ1n) is 13.8. The molecule has 0 N–H and O–H groups in total. The quantitative estimate of drug-likeness (QED) is 0.250. The van der Waals surface area contributed by atoms with Gasteiger partial charge in [0.15, 0.2) is 11.5 Å². The summed E-state index contributed by atoms with van der Waals surface area (Å²) in [5.74, 6) is 1.24. The van der Waals surface area contributed by atoms with Crippen LogP contribution in [-0.2, 0) is 4.74 Å². The summed E-state index contributed by atoms with van der Waals surface area (Å²) in [4.78, 5) is 0. The van der Waals surface area contributed by atoms with Gasteiger partial charge in [-0.2, -0.15) is 8.78 Å². The van der Waals surface area contributed by atoms with Crippen molar-refractivity contribution >= 4 is 0 Å². The van der Waals surface area contributed by atoms with E-state index < -0.39 is 11.6 Å². The van der Waals surface area contributed by atoms with E-state index in [0.717, 1.165) is 62.9 Å². The molecule has 2 aliphatic carbocycles. The lowest BCUT2D eigenvalue weighted by Gasteiger charge is -2.37. The number of hydrogen-bond donors (Lipinski definition) is 0. The molecule has 3 rings (SSSR count). The molecule has 0 unspecified atom stereocenters. The summed E-state index contributed by atoms with van der Waals surface area (Å²) in [6.07, 6.45) is 17.0. The zero-order valence-corrected chi connectivity index (χ0v) is 21.5. The lowest BCUT2D eigenvalue weighted by molar-refractivity contribution is 0.120. The number of unbranched alkanes of at least 4 members (excludes halogenated alkanes) is 3. The molecule has 0 amide bonds. The van der Waals surface area contributed by atoms with Gasteiger partial charge >= 0.3 is 0 Å². The smallest absolute Gasteiger partial charge is 0.204 e. The van der Waals surface area contributed by atoms with E-state index in [1.54, 1.807) is 7.11 Å². The van der Waals surface area contributed by atoms with Crippen LogP contribution in [-0.4, -0.2) is 26.9 Å². The fourth-order valence-corrected chi connectivity index (χ4v) is 6.01. The van der Waals surface area contributed by atoms with Gasteiger partial charge in [-0.25, -0.2) is 0 Å². The Balaban J connectivity index is 1.35. The topological polar surface area (TPSA) is 27.7 Å². The second kappa shape index (κ2) is 14.9. The first-order valence-corrected chi connectivity index (χ1v) is 13.8. The fourth-order valence-electron chi connectivity index (χ4n) is 6.01. The Kier molecular flexibility index (Phi) is 11.9. The van der Waals surface area contributed by atoms with Gasteiger partial charge in [-0.3, -0.25) is 0 Å². The Bertz CT molecular complexity index is 695. The number of ether oxygens (including phenoxy) is 3. The molecule has 0 heterocycles. The molecule has 5 heteroatoms. The van der Waals surface area contributed by atoms with Crippen LogP contribution in [0.3, 0.4) is 0 Å². The van der Waals surface area contributed by atoms with Crippen molar-refractivity contribution in [3.05, 3.63) is 23.8 Å². The molecule has 0 atom stereocenters. The lowest BCUT2D eigenvalue weighted by Crippen LogP contribution is -2.27. The molecular weight excluding hydrogens is 434 g/mol. The number of benzene rings is 1. The van der Waals surface area contributed by atoms with Crippen LogP contribution in [0.5, 0.6) is 11.5 Å². The molecule has 2 aliphatic rings. The number of rotatable bonds is 14. The molecule has 2 saturated carbocycles. The largest absolute Gasteiger partial charge is 0.490 e. The highest BCUT2D eigenvalue weighted by Crippen LogP contribution is 2.42. The maximum atomic E-state index is 14.5. The van der Waals surface area contributed by atoms with Crippen molar-refractivity contribution in [2.45, 2.75) is 96.8 Å². The van der Waals surface area contributed by atoms with Gasteiger partial charge in [0.1, 0.15) is 0 Å². The van der Waals surface area contributed by atoms with Crippen LogP contribution in [0.2, 0.25) is 0 Å². The molecule has 2 fully saturated rings. The zero-order chi connectivity index (χ0) is 24.2. The van der Waals surface area contributed by atoms with Crippen molar-refractivity contribution in [1.82, 2.24) is 0 Å². The second-order valence-electron chi connectivity index (χ2n) is 10.6. The predicted molar refractivity (Wildman–Crippen MR) is 133 cm³/mol. The Morgan fingerprint density at radius 1 is 0.706 bits per heavy atom. The minimum atomic E-state index is -0.945. The first kappa shape index (κ1) is 27.2. The molecule has 194 valence electrons. The molecule has 1 aromatic carbocycles. The Labute approximate surface area is 205 Å². The number of hydrogen-bond acceptors (Lipinski definition) is 3. The summed E-state index contributed by atoms with van der Waals surface area (Å²) in [6, 6.07) is 3.00. The maximum absolute atomic E-state index is 14.5. The van der Waals surface area contributed by atoms with E-state index >= 15 is 0 Å². The monoisotopic (exact) mass is 480 g/mol. The average Bonchev–Trinajstić information content (AvgIpc) is 2.86. The molecule has 3 nitrogen and oxygen atoms in total. The number of halogens is 2. The second-order valence-corrected chi connectivity index (χ2v) is 10.6. The minimum Gasteiger partial charge on any atom is -0.490 e. The molecule has 0 spiro atoms. The SMILES string of the molecule is CCCC1CCC(C2CCC(COc3ccc(OCCCCCCOC)c(F)c3F)CC2)CC1. The van der Waals surface area contributed by atoms with Crippen molar-refractivity contribution < 1.29 is 23.0 Å². The third-order valence-corrected chi connectivity index (χ3v) is 8.13. The van der Waals surface area contributed by atoms with Gasteiger partial charge in [0.2, 0.25) is 11.6 Å². The van der Waals surface area contributed by atoms with E-state index in [2.05, 4.69) is 6.92 Å². The maximum Gasteiger partial charge on any atom is 0.204 e. The third kappa shape index (κ3) is 8.39. The highest BCUT2D eigenvalue weighted by Gasteiger charge is 2.31. The molecule has 0 bridgehead atoms. The summed E-state index contributed by atoms with van der Waals surface area (Å²) in [5.41, 5.74) is 0. The molecule has 0 saturated heterocycles. The van der Waals surface area contributed by atoms with Gasteiger partial charge < -0.3 is 14.2 Å². The van der Waals surface area contributed by atoms with E-state index in [9.17, 15) is 8.78 Å². The minimum absolute atomic E-state index is 0.000727. The summed E-state index contributed by atoms with van der Waals surface area (Å²) in [6.45, 7) is 3.90. The van der Waals surface area contributed by atoms with Crippen molar-refractivity contribution in [3.63, 3.8) is 0 Å². The molecular formula is C29H46F2O3. The Morgan fingerprint density at radius 3 is 1.79 bits per heavy atom. The van der Waals surface area contributed by atoms with Gasteiger partial charge in [0.05, 0.1) is 13.2 Å². The van der Waals surface area contributed by atoms with Gasteiger partial charge in [-0.15, -0.1) is 0 Å². The van der Waals surface area contributed by atoms with Crippen LogP contribution in [0.25, 0.3) is 0 Å². The summed E-state index contributed by atoms with van der Waals surface area (Å²) in [5, 5.41) is 0. The van der Waals surface area contributed by atoms with Crippen LogP contribution >= 0.6 is 0 Å². The van der Waals surface area contributed by atoms with Gasteiger partial charge in [-0.05, 0) is 93.6 Å². The Hall–Kier alpha value is -1.36. The van der Waals surface area contributed by atoms with Crippen molar-refractivity contribution in [2.24, 2.45) is 23.7 Å². The van der Waals surface area contributed by atoms with Crippen molar-refractivity contribution in [3.8, 4) is 11.5 Å². The molecule has 0 radical (unpaired) electrons. The molecule has 0 aliphatic heterocycles. The van der Waals surface area contributed by atoms with Gasteiger partial charge in [-0.1, -0.05) is 39.0 Å². The molecule has 1 aromatic rings. The highest BCUT2D eigenvalue weighted by molar-refractivity contribution is 5.35. The van der Waals surface area contributed by atoms with E-state index in [1.165, 1.54) is 63.5 Å². The van der Waals surface area contributed by atoms with Crippen LogP contribution < -0.4 is 9.47 Å². The average molecular weight is 481 g/mol. The summed E-state index contributed by atoms with van der Waals surface area (Å²) < 4.78 is 45.2. The van der Waals surface area contributed by atoms with E-state index in [4.69, 9.17) is 14.2 Å². The predicted octanol–water partition coefficient (Wildman–Crippen LogP) is 8.34. The molecule has 34 heavy (non-hydrogen) atoms. The van der Waals surface area contributed by atoms with Crippen molar-refractivity contribution in [1.29, 1.82) is 0 Å². The van der Waals surface area contributed by atoms with Crippen LogP contribution in [0.1, 0.15) is 96.8 Å². The normalized spacial score (nSPS) is 25.3. The highest BCUT2D eigenvalue weighted by atomic mass is 19.2. The zero-order valence-electron chi connectivity index (χ0n) is 21.5.